The Morgan fingerprint density at radius 1 is 1.29 bits per heavy atom. The molecular formula is C22H27Cl2NO3. The van der Waals surface area contributed by atoms with Crippen molar-refractivity contribution in [2.45, 2.75) is 58.5 Å². The van der Waals surface area contributed by atoms with E-state index in [1.807, 2.05) is 32.0 Å². The minimum atomic E-state index is -0.571. The van der Waals surface area contributed by atoms with Gasteiger partial charge in [0.2, 0.25) is 0 Å². The first kappa shape index (κ1) is 21.2. The van der Waals surface area contributed by atoms with Crippen LogP contribution in [0.2, 0.25) is 5.02 Å². The molecule has 3 rings (SSSR count). The van der Waals surface area contributed by atoms with Crippen LogP contribution in [0.15, 0.2) is 41.0 Å². The van der Waals surface area contributed by atoms with Crippen LogP contribution in [0.3, 0.4) is 0 Å². The minimum absolute atomic E-state index is 0.236. The summed E-state index contributed by atoms with van der Waals surface area (Å²) >= 11 is 11.8. The van der Waals surface area contributed by atoms with E-state index in [0.29, 0.717) is 0 Å². The van der Waals surface area contributed by atoms with Crippen LogP contribution < -0.4 is 0 Å². The van der Waals surface area contributed by atoms with Gasteiger partial charge < -0.3 is 8.71 Å². The molecule has 1 unspecified atom stereocenters. The fraction of sp³-hybridized carbons (Fsp3) is 0.500. The molecule has 0 saturated carbocycles. The van der Waals surface area contributed by atoms with Crippen LogP contribution >= 0.6 is 23.5 Å². The van der Waals surface area contributed by atoms with Crippen LogP contribution in [-0.2, 0) is 22.0 Å². The molecule has 0 saturated heterocycles. The summed E-state index contributed by atoms with van der Waals surface area (Å²) in [4.78, 5) is 14.3. The van der Waals surface area contributed by atoms with E-state index in [2.05, 4.69) is 21.3 Å². The maximum absolute atomic E-state index is 11.8. The molecule has 152 valence electrons. The molecule has 6 heteroatoms. The molecule has 28 heavy (non-hydrogen) atoms. The number of carbonyl (C=O) groups is 1. The summed E-state index contributed by atoms with van der Waals surface area (Å²) in [5, 5.41) is 0.802. The Kier molecular flexibility index (Phi) is 7.08. The predicted octanol–water partition coefficient (Wildman–Crippen LogP) is 6.32. The molecule has 2 heterocycles. The van der Waals surface area contributed by atoms with Crippen molar-refractivity contribution in [3.8, 4) is 0 Å². The molecule has 1 aromatic carbocycles. The highest BCUT2D eigenvalue weighted by atomic mass is 35.5. The van der Waals surface area contributed by atoms with E-state index >= 15 is 0 Å². The number of fused-ring (bicyclic) bond motifs is 1. The SMILES string of the molecule is CC(C)(CCCCC(c1ccccc1Cl)N1CCc2occc2C1)C(=O)OCl. The number of hydrogen-bond acceptors (Lipinski definition) is 4. The van der Waals surface area contributed by atoms with Gasteiger partial charge in [-0.25, -0.2) is 4.79 Å². The van der Waals surface area contributed by atoms with Gasteiger partial charge in [-0.15, -0.1) is 0 Å². The summed E-state index contributed by atoms with van der Waals surface area (Å²) < 4.78 is 9.97. The van der Waals surface area contributed by atoms with E-state index < -0.39 is 5.41 Å². The Morgan fingerprint density at radius 2 is 2.07 bits per heavy atom. The van der Waals surface area contributed by atoms with E-state index in [4.69, 9.17) is 27.9 Å². The summed E-state index contributed by atoms with van der Waals surface area (Å²) in [5.74, 6) is 0.718. The van der Waals surface area contributed by atoms with Gasteiger partial charge in [-0.2, -0.15) is 0 Å². The van der Waals surface area contributed by atoms with E-state index in [1.165, 1.54) is 5.56 Å². The van der Waals surface area contributed by atoms with Gasteiger partial charge in [0.25, 0.3) is 0 Å². The molecule has 0 amide bonds. The zero-order valence-electron chi connectivity index (χ0n) is 16.4. The minimum Gasteiger partial charge on any atom is -0.469 e. The number of halogens is 2. The third-order valence-electron chi connectivity index (χ3n) is 5.69. The molecule has 1 aromatic heterocycles. The second kappa shape index (κ2) is 9.34. The van der Waals surface area contributed by atoms with Gasteiger partial charge >= 0.3 is 5.97 Å². The Bertz CT molecular complexity index is 803. The summed E-state index contributed by atoms with van der Waals surface area (Å²) in [7, 11) is 0. The number of benzene rings is 1. The largest absolute Gasteiger partial charge is 0.469 e. The normalized spacial score (nSPS) is 15.9. The van der Waals surface area contributed by atoms with Crippen molar-refractivity contribution in [2.75, 3.05) is 6.54 Å². The summed E-state index contributed by atoms with van der Waals surface area (Å²) in [6.45, 7) is 5.55. The van der Waals surface area contributed by atoms with Crippen molar-refractivity contribution in [3.05, 3.63) is 58.5 Å². The predicted molar refractivity (Wildman–Crippen MR) is 111 cm³/mol. The molecule has 4 nitrogen and oxygen atoms in total. The molecular weight excluding hydrogens is 397 g/mol. The highest BCUT2D eigenvalue weighted by molar-refractivity contribution is 6.31. The number of rotatable bonds is 8. The van der Waals surface area contributed by atoms with Crippen LogP contribution in [0.1, 0.15) is 62.5 Å². The van der Waals surface area contributed by atoms with E-state index in [1.54, 1.807) is 6.26 Å². The highest BCUT2D eigenvalue weighted by Crippen LogP contribution is 2.36. The van der Waals surface area contributed by atoms with Gasteiger partial charge in [0.15, 0.2) is 0 Å². The Balaban J connectivity index is 1.68. The lowest BCUT2D eigenvalue weighted by molar-refractivity contribution is -0.143. The van der Waals surface area contributed by atoms with Crippen molar-refractivity contribution in [1.29, 1.82) is 0 Å². The lowest BCUT2D eigenvalue weighted by atomic mass is 9.86. The second-order valence-corrected chi connectivity index (χ2v) is 8.68. The summed E-state index contributed by atoms with van der Waals surface area (Å²) in [6, 6.07) is 10.4. The zero-order chi connectivity index (χ0) is 20.1. The van der Waals surface area contributed by atoms with Crippen LogP contribution in [0.25, 0.3) is 0 Å². The van der Waals surface area contributed by atoms with E-state index in [9.17, 15) is 4.79 Å². The first-order valence-electron chi connectivity index (χ1n) is 9.79. The number of unbranched alkanes of at least 4 members (excludes halogenated alkanes) is 1. The van der Waals surface area contributed by atoms with Gasteiger partial charge in [-0.3, -0.25) is 4.90 Å². The standard InChI is InChI=1S/C22H27Cl2NO3/c1-22(2,21(26)28-24)12-6-5-9-19(17-7-3-4-8-18(17)23)25-13-10-20-16(15-25)11-14-27-20/h3-4,7-8,11,14,19H,5-6,9-10,12-13,15H2,1-2H3. The Labute approximate surface area is 176 Å². The molecule has 0 radical (unpaired) electrons. The molecule has 0 N–H and O–H groups in total. The fourth-order valence-electron chi connectivity index (χ4n) is 3.93. The first-order chi connectivity index (χ1) is 13.4. The van der Waals surface area contributed by atoms with Crippen molar-refractivity contribution < 1.29 is 13.5 Å². The number of hydrogen-bond donors (Lipinski definition) is 0. The van der Waals surface area contributed by atoms with Crippen LogP contribution in [0.5, 0.6) is 0 Å². The van der Waals surface area contributed by atoms with Crippen molar-refractivity contribution in [2.24, 2.45) is 5.41 Å². The lowest BCUT2D eigenvalue weighted by Crippen LogP contribution is -2.34. The first-order valence-corrected chi connectivity index (χ1v) is 10.5. The highest BCUT2D eigenvalue weighted by Gasteiger charge is 2.30. The summed E-state index contributed by atoms with van der Waals surface area (Å²) in [6.07, 6.45) is 6.31. The third kappa shape index (κ3) is 4.91. The monoisotopic (exact) mass is 423 g/mol. The fourth-order valence-corrected chi connectivity index (χ4v) is 4.40. The number of furan rings is 1. The van der Waals surface area contributed by atoms with E-state index in [-0.39, 0.29) is 12.0 Å². The molecule has 0 aliphatic carbocycles. The molecule has 1 aliphatic rings. The molecule has 0 bridgehead atoms. The second-order valence-electron chi connectivity index (χ2n) is 8.12. The maximum Gasteiger partial charge on any atom is 0.330 e. The molecule has 1 aliphatic heterocycles. The van der Waals surface area contributed by atoms with Gasteiger partial charge in [0.1, 0.15) is 17.6 Å². The van der Waals surface area contributed by atoms with Gasteiger partial charge in [0.05, 0.1) is 11.7 Å². The van der Waals surface area contributed by atoms with Gasteiger partial charge in [-0.1, -0.05) is 42.6 Å². The summed E-state index contributed by atoms with van der Waals surface area (Å²) in [5.41, 5.74) is 1.85. The maximum atomic E-state index is 11.8. The Morgan fingerprint density at radius 3 is 2.82 bits per heavy atom. The van der Waals surface area contributed by atoms with Crippen molar-refractivity contribution in [1.82, 2.24) is 4.90 Å². The molecule has 0 spiro atoms. The smallest absolute Gasteiger partial charge is 0.330 e. The van der Waals surface area contributed by atoms with Crippen LogP contribution in [-0.4, -0.2) is 17.4 Å². The van der Waals surface area contributed by atoms with E-state index in [0.717, 1.165) is 61.5 Å². The van der Waals surface area contributed by atoms with Crippen molar-refractivity contribution >= 4 is 29.4 Å². The zero-order valence-corrected chi connectivity index (χ0v) is 17.9. The quantitative estimate of drug-likeness (QED) is 0.466. The van der Waals surface area contributed by atoms with Gasteiger partial charge in [-0.05, 0) is 44.4 Å². The van der Waals surface area contributed by atoms with Crippen molar-refractivity contribution in [3.63, 3.8) is 0 Å². The lowest BCUT2D eigenvalue weighted by Gasteiger charge is -2.35. The average Bonchev–Trinajstić information content (AvgIpc) is 3.16. The topological polar surface area (TPSA) is 42.7 Å². The van der Waals surface area contributed by atoms with Crippen LogP contribution in [0.4, 0.5) is 0 Å². The van der Waals surface area contributed by atoms with Crippen LogP contribution in [0, 0.1) is 5.41 Å². The number of nitrogens with zero attached hydrogens (tertiary/aromatic N) is 1. The van der Waals surface area contributed by atoms with Gasteiger partial charge in [0, 0.05) is 36.1 Å². The third-order valence-corrected chi connectivity index (χ3v) is 6.18. The Hall–Kier alpha value is -1.49. The molecule has 1 atom stereocenters. The number of carbonyl (C=O) groups excluding carboxylic acids is 1. The molecule has 0 fully saturated rings. The molecule has 2 aromatic rings. The average molecular weight is 424 g/mol.